The summed E-state index contributed by atoms with van der Waals surface area (Å²) >= 11 is 7.57. The highest BCUT2D eigenvalue weighted by Gasteiger charge is 2.34. The molecule has 1 aromatic rings. The van der Waals surface area contributed by atoms with Crippen molar-refractivity contribution in [3.63, 3.8) is 0 Å². The van der Waals surface area contributed by atoms with Gasteiger partial charge in [-0.3, -0.25) is 4.90 Å². The molecule has 0 radical (unpaired) electrons. The molecular formula is C11H13ClN2S. The van der Waals surface area contributed by atoms with Crippen LogP contribution < -0.4 is 0 Å². The Morgan fingerprint density at radius 2 is 2.40 bits per heavy atom. The van der Waals surface area contributed by atoms with Gasteiger partial charge in [0.1, 0.15) is 0 Å². The summed E-state index contributed by atoms with van der Waals surface area (Å²) in [6, 6.07) is 1.31. The zero-order valence-electron chi connectivity index (χ0n) is 8.61. The van der Waals surface area contributed by atoms with Gasteiger partial charge in [0.2, 0.25) is 0 Å². The average Bonchev–Trinajstić information content (AvgIpc) is 2.70. The minimum atomic E-state index is 0.608. The molecule has 2 nitrogen and oxygen atoms in total. The van der Waals surface area contributed by atoms with Gasteiger partial charge in [-0.1, -0.05) is 17.7 Å². The van der Waals surface area contributed by atoms with Gasteiger partial charge in [0.05, 0.1) is 10.7 Å². The Labute approximate surface area is 98.7 Å². The van der Waals surface area contributed by atoms with Crippen LogP contribution in [-0.4, -0.2) is 28.4 Å². The van der Waals surface area contributed by atoms with Crippen LogP contribution in [0.1, 0.15) is 25.0 Å². The molecule has 2 aliphatic rings. The van der Waals surface area contributed by atoms with Gasteiger partial charge in [-0.2, -0.15) is 4.37 Å². The topological polar surface area (TPSA) is 16.1 Å². The lowest BCUT2D eigenvalue weighted by molar-refractivity contribution is 0.264. The third-order valence-electron chi connectivity index (χ3n) is 3.57. The van der Waals surface area contributed by atoms with Crippen molar-refractivity contribution in [1.82, 2.24) is 9.27 Å². The van der Waals surface area contributed by atoms with Crippen molar-refractivity contribution >= 4 is 28.7 Å². The van der Waals surface area contributed by atoms with E-state index in [9.17, 15) is 0 Å². The molecule has 2 aliphatic heterocycles. The number of aromatic nitrogens is 1. The quantitative estimate of drug-likeness (QED) is 0.750. The van der Waals surface area contributed by atoms with Crippen LogP contribution in [0.25, 0.3) is 5.57 Å². The fraction of sp³-hybridized carbons (Fsp3) is 0.545. The van der Waals surface area contributed by atoms with Gasteiger partial charge in [-0.05, 0) is 43.4 Å². The van der Waals surface area contributed by atoms with Gasteiger partial charge in [-0.25, -0.2) is 0 Å². The maximum absolute atomic E-state index is 6.12. The van der Waals surface area contributed by atoms with Gasteiger partial charge in [0, 0.05) is 17.5 Å². The van der Waals surface area contributed by atoms with Crippen molar-refractivity contribution in [3.8, 4) is 0 Å². The summed E-state index contributed by atoms with van der Waals surface area (Å²) in [4.78, 5) is 2.48. The van der Waals surface area contributed by atoms with E-state index in [1.807, 2.05) is 5.38 Å². The highest BCUT2D eigenvalue weighted by molar-refractivity contribution is 7.04. The molecule has 0 saturated carbocycles. The van der Waals surface area contributed by atoms with Gasteiger partial charge in [0.25, 0.3) is 0 Å². The van der Waals surface area contributed by atoms with Gasteiger partial charge >= 0.3 is 0 Å². The van der Waals surface area contributed by atoms with Crippen molar-refractivity contribution in [1.29, 1.82) is 0 Å². The summed E-state index contributed by atoms with van der Waals surface area (Å²) in [5, 5.41) is 2.73. The Morgan fingerprint density at radius 3 is 3.07 bits per heavy atom. The minimum Gasteiger partial charge on any atom is -0.297 e. The highest BCUT2D eigenvalue weighted by Crippen LogP contribution is 2.39. The highest BCUT2D eigenvalue weighted by atomic mass is 35.5. The lowest BCUT2D eigenvalue weighted by Crippen LogP contribution is -2.34. The summed E-state index contributed by atoms with van der Waals surface area (Å²) in [5.74, 6) is 0. The Morgan fingerprint density at radius 1 is 1.53 bits per heavy atom. The number of rotatable bonds is 1. The SMILES string of the molecule is CN1C2C=C(c3nscc3Cl)CC1CC2. The largest absolute Gasteiger partial charge is 0.297 e. The molecule has 0 amide bonds. The van der Waals surface area contributed by atoms with E-state index in [0.717, 1.165) is 17.1 Å². The van der Waals surface area contributed by atoms with E-state index in [1.54, 1.807) is 0 Å². The van der Waals surface area contributed by atoms with Crippen LogP contribution in [0.3, 0.4) is 0 Å². The molecule has 1 saturated heterocycles. The predicted molar refractivity (Wildman–Crippen MR) is 64.3 cm³/mol. The van der Waals surface area contributed by atoms with Crippen LogP contribution in [0, 0.1) is 0 Å². The van der Waals surface area contributed by atoms with Crippen LogP contribution in [0.2, 0.25) is 5.02 Å². The minimum absolute atomic E-state index is 0.608. The second kappa shape index (κ2) is 3.58. The Balaban J connectivity index is 1.97. The third kappa shape index (κ3) is 1.53. The monoisotopic (exact) mass is 240 g/mol. The first-order valence-corrected chi connectivity index (χ1v) is 6.50. The Kier molecular flexibility index (Phi) is 2.34. The van der Waals surface area contributed by atoms with Gasteiger partial charge in [-0.15, -0.1) is 0 Å². The fourth-order valence-corrected chi connectivity index (χ4v) is 3.57. The summed E-state index contributed by atoms with van der Waals surface area (Å²) < 4.78 is 4.38. The smallest absolute Gasteiger partial charge is 0.0984 e. The van der Waals surface area contributed by atoms with Crippen molar-refractivity contribution in [3.05, 3.63) is 22.2 Å². The molecule has 2 atom stereocenters. The molecule has 2 bridgehead atoms. The summed E-state index contributed by atoms with van der Waals surface area (Å²) in [6.07, 6.45) is 6.05. The molecule has 15 heavy (non-hydrogen) atoms. The second-order valence-corrected chi connectivity index (χ2v) is 5.41. The van der Waals surface area contributed by atoms with E-state index in [4.69, 9.17) is 11.6 Å². The number of likely N-dealkylation sites (N-methyl/N-ethyl adjacent to an activating group) is 1. The number of fused-ring (bicyclic) bond motifs is 2. The van der Waals surface area contributed by atoms with Gasteiger partial charge < -0.3 is 0 Å². The molecule has 2 unspecified atom stereocenters. The molecule has 1 fully saturated rings. The summed E-state index contributed by atoms with van der Waals surface area (Å²) in [7, 11) is 2.22. The van der Waals surface area contributed by atoms with E-state index in [0.29, 0.717) is 12.1 Å². The van der Waals surface area contributed by atoms with Gasteiger partial charge in [0.15, 0.2) is 0 Å². The number of hydrogen-bond acceptors (Lipinski definition) is 3. The molecule has 0 spiro atoms. The van der Waals surface area contributed by atoms with Crippen LogP contribution in [-0.2, 0) is 0 Å². The van der Waals surface area contributed by atoms with Crippen LogP contribution in [0.15, 0.2) is 11.5 Å². The number of hydrogen-bond donors (Lipinski definition) is 0. The first kappa shape index (κ1) is 9.82. The summed E-state index contributed by atoms with van der Waals surface area (Å²) in [5.41, 5.74) is 2.37. The van der Waals surface area contributed by atoms with Crippen molar-refractivity contribution in [2.75, 3.05) is 7.05 Å². The molecule has 1 aromatic heterocycles. The molecule has 0 aliphatic carbocycles. The Hall–Kier alpha value is -0.380. The molecule has 4 heteroatoms. The predicted octanol–water partition coefficient (Wildman–Crippen LogP) is 3.05. The Bertz CT molecular complexity index is 412. The summed E-state index contributed by atoms with van der Waals surface area (Å²) in [6.45, 7) is 0. The van der Waals surface area contributed by atoms with Crippen molar-refractivity contribution in [2.24, 2.45) is 0 Å². The lowest BCUT2D eigenvalue weighted by Gasteiger charge is -2.29. The molecule has 3 heterocycles. The maximum atomic E-state index is 6.12. The lowest BCUT2D eigenvalue weighted by atomic mass is 9.99. The molecule has 80 valence electrons. The first-order chi connectivity index (χ1) is 7.25. The van der Waals surface area contributed by atoms with Crippen molar-refractivity contribution in [2.45, 2.75) is 31.3 Å². The average molecular weight is 241 g/mol. The van der Waals surface area contributed by atoms with E-state index in [1.165, 1.54) is 29.9 Å². The van der Waals surface area contributed by atoms with E-state index in [2.05, 4.69) is 22.4 Å². The van der Waals surface area contributed by atoms with Crippen LogP contribution >= 0.6 is 23.1 Å². The van der Waals surface area contributed by atoms with Crippen molar-refractivity contribution < 1.29 is 0 Å². The zero-order chi connectivity index (χ0) is 10.4. The fourth-order valence-electron chi connectivity index (χ4n) is 2.65. The van der Waals surface area contributed by atoms with Crippen LogP contribution in [0.5, 0.6) is 0 Å². The third-order valence-corrected chi connectivity index (χ3v) is 4.62. The molecular weight excluding hydrogens is 228 g/mol. The molecule has 0 N–H and O–H groups in total. The zero-order valence-corrected chi connectivity index (χ0v) is 10.2. The standard InChI is InChI=1S/C11H13ClN2S/c1-14-8-2-3-9(14)5-7(4-8)11-10(12)6-15-13-11/h4,6,8-9H,2-3,5H2,1H3. The number of nitrogens with zero attached hydrogens (tertiary/aromatic N) is 2. The maximum Gasteiger partial charge on any atom is 0.0984 e. The van der Waals surface area contributed by atoms with Crippen LogP contribution in [0.4, 0.5) is 0 Å². The molecule has 0 aromatic carbocycles. The molecule has 3 rings (SSSR count). The van der Waals surface area contributed by atoms with E-state index < -0.39 is 0 Å². The second-order valence-electron chi connectivity index (χ2n) is 4.37. The van der Waals surface area contributed by atoms with E-state index >= 15 is 0 Å². The first-order valence-electron chi connectivity index (χ1n) is 5.28. The number of halogens is 1. The van der Waals surface area contributed by atoms with E-state index in [-0.39, 0.29) is 0 Å². The normalized spacial score (nSPS) is 30.7.